The Morgan fingerprint density at radius 2 is 1.88 bits per heavy atom. The number of amides is 1. The zero-order valence-corrected chi connectivity index (χ0v) is 15.1. The van der Waals surface area contributed by atoms with E-state index in [2.05, 4.69) is 5.32 Å². The summed E-state index contributed by atoms with van der Waals surface area (Å²) in [6.07, 6.45) is 3.64. The second-order valence-electron chi connectivity index (χ2n) is 5.26. The zero-order chi connectivity index (χ0) is 18.8. The maximum atomic E-state index is 11.8. The van der Waals surface area contributed by atoms with Crippen molar-refractivity contribution in [3.63, 3.8) is 0 Å². The summed E-state index contributed by atoms with van der Waals surface area (Å²) >= 11 is 1.52. The molecule has 0 saturated carbocycles. The summed E-state index contributed by atoms with van der Waals surface area (Å²) in [6, 6.07) is 8.15. The SMILES string of the molecule is CCCOC(=O)c1ccc(NC(=O)COC(=O)/C=C/c2ccsc2)cc1. The van der Waals surface area contributed by atoms with Crippen LogP contribution in [0, 0.1) is 0 Å². The standard InChI is InChI=1S/C19H19NO5S/c1-2-10-24-19(23)15-4-6-16(7-5-15)20-17(21)12-25-18(22)8-3-14-9-11-26-13-14/h3-9,11,13H,2,10,12H2,1H3,(H,20,21)/b8-3+. The van der Waals surface area contributed by atoms with Gasteiger partial charge in [0.1, 0.15) is 0 Å². The third-order valence-corrected chi connectivity index (χ3v) is 3.84. The van der Waals surface area contributed by atoms with E-state index in [4.69, 9.17) is 9.47 Å². The Morgan fingerprint density at radius 1 is 1.12 bits per heavy atom. The lowest BCUT2D eigenvalue weighted by Gasteiger charge is -2.07. The molecule has 0 saturated heterocycles. The number of nitrogens with one attached hydrogen (secondary N) is 1. The molecule has 1 N–H and O–H groups in total. The third kappa shape index (κ3) is 6.52. The molecule has 0 bridgehead atoms. The number of carbonyl (C=O) groups excluding carboxylic acids is 3. The molecule has 0 unspecified atom stereocenters. The normalized spacial score (nSPS) is 10.5. The molecule has 1 aromatic carbocycles. The fourth-order valence-electron chi connectivity index (χ4n) is 1.88. The molecule has 0 atom stereocenters. The van der Waals surface area contributed by atoms with Crippen LogP contribution in [0.1, 0.15) is 29.3 Å². The second kappa shape index (κ2) is 10.1. The number of anilines is 1. The topological polar surface area (TPSA) is 81.7 Å². The molecule has 2 aromatic rings. The van der Waals surface area contributed by atoms with Gasteiger partial charge in [-0.15, -0.1) is 0 Å². The van der Waals surface area contributed by atoms with Crippen LogP contribution in [-0.4, -0.2) is 31.1 Å². The Morgan fingerprint density at radius 3 is 2.54 bits per heavy atom. The number of benzene rings is 1. The number of hydrogen-bond acceptors (Lipinski definition) is 6. The molecular formula is C19H19NO5S. The average Bonchev–Trinajstić information content (AvgIpc) is 3.17. The van der Waals surface area contributed by atoms with E-state index in [1.807, 2.05) is 23.8 Å². The van der Waals surface area contributed by atoms with E-state index in [0.29, 0.717) is 17.9 Å². The Bertz CT molecular complexity index is 766. The summed E-state index contributed by atoms with van der Waals surface area (Å²) in [7, 11) is 0. The molecule has 0 radical (unpaired) electrons. The highest BCUT2D eigenvalue weighted by Gasteiger charge is 2.09. The largest absolute Gasteiger partial charge is 0.462 e. The third-order valence-electron chi connectivity index (χ3n) is 3.14. The molecule has 0 aliphatic carbocycles. The van der Waals surface area contributed by atoms with Gasteiger partial charge in [-0.2, -0.15) is 11.3 Å². The molecule has 7 heteroatoms. The fraction of sp³-hybridized carbons (Fsp3) is 0.211. The van der Waals surface area contributed by atoms with E-state index < -0.39 is 24.5 Å². The number of esters is 2. The van der Waals surface area contributed by atoms with Crippen LogP contribution < -0.4 is 5.32 Å². The van der Waals surface area contributed by atoms with Gasteiger partial charge in [-0.25, -0.2) is 9.59 Å². The van der Waals surface area contributed by atoms with Crippen molar-refractivity contribution >= 4 is 40.9 Å². The van der Waals surface area contributed by atoms with Gasteiger partial charge in [-0.1, -0.05) is 6.92 Å². The summed E-state index contributed by atoms with van der Waals surface area (Å²) in [6.45, 7) is 1.88. The summed E-state index contributed by atoms with van der Waals surface area (Å²) in [4.78, 5) is 35.1. The first-order valence-corrected chi connectivity index (χ1v) is 8.97. The molecule has 0 spiro atoms. The minimum Gasteiger partial charge on any atom is -0.462 e. The molecular weight excluding hydrogens is 354 g/mol. The molecule has 136 valence electrons. The van der Waals surface area contributed by atoms with Gasteiger partial charge in [0.05, 0.1) is 12.2 Å². The first-order valence-electron chi connectivity index (χ1n) is 8.02. The van der Waals surface area contributed by atoms with Crippen molar-refractivity contribution in [2.45, 2.75) is 13.3 Å². The van der Waals surface area contributed by atoms with Crippen LogP contribution in [0.3, 0.4) is 0 Å². The number of carbonyl (C=O) groups is 3. The van der Waals surface area contributed by atoms with E-state index in [1.54, 1.807) is 30.3 Å². The fourth-order valence-corrected chi connectivity index (χ4v) is 2.51. The summed E-state index contributed by atoms with van der Waals surface area (Å²) < 4.78 is 9.90. The zero-order valence-electron chi connectivity index (χ0n) is 14.3. The number of ether oxygens (including phenoxy) is 2. The molecule has 1 heterocycles. The summed E-state index contributed by atoms with van der Waals surface area (Å²) in [5, 5.41) is 6.37. The number of thiophene rings is 1. The molecule has 26 heavy (non-hydrogen) atoms. The van der Waals surface area contributed by atoms with Gasteiger partial charge in [0, 0.05) is 11.8 Å². The van der Waals surface area contributed by atoms with Crippen molar-refractivity contribution in [3.05, 3.63) is 58.3 Å². The van der Waals surface area contributed by atoms with Crippen molar-refractivity contribution in [1.29, 1.82) is 0 Å². The van der Waals surface area contributed by atoms with Crippen LogP contribution in [0.5, 0.6) is 0 Å². The monoisotopic (exact) mass is 373 g/mol. The molecule has 1 aromatic heterocycles. The van der Waals surface area contributed by atoms with Gasteiger partial charge in [0.25, 0.3) is 5.91 Å². The second-order valence-corrected chi connectivity index (χ2v) is 6.04. The van der Waals surface area contributed by atoms with Crippen molar-refractivity contribution in [2.75, 3.05) is 18.5 Å². The maximum Gasteiger partial charge on any atom is 0.338 e. The Labute approximate surface area is 155 Å². The van der Waals surface area contributed by atoms with Crippen LogP contribution in [0.4, 0.5) is 5.69 Å². The van der Waals surface area contributed by atoms with Crippen molar-refractivity contribution in [3.8, 4) is 0 Å². The van der Waals surface area contributed by atoms with E-state index >= 15 is 0 Å². The molecule has 6 nitrogen and oxygen atoms in total. The molecule has 2 rings (SSSR count). The van der Waals surface area contributed by atoms with Crippen LogP contribution in [0.2, 0.25) is 0 Å². The lowest BCUT2D eigenvalue weighted by Crippen LogP contribution is -2.20. The van der Waals surface area contributed by atoms with E-state index in [1.165, 1.54) is 17.4 Å². The predicted octanol–water partition coefficient (Wildman–Crippen LogP) is 3.51. The van der Waals surface area contributed by atoms with Crippen molar-refractivity contribution < 1.29 is 23.9 Å². The van der Waals surface area contributed by atoms with Crippen LogP contribution in [0.25, 0.3) is 6.08 Å². The van der Waals surface area contributed by atoms with Gasteiger partial charge >= 0.3 is 11.9 Å². The van der Waals surface area contributed by atoms with Crippen LogP contribution in [-0.2, 0) is 19.1 Å². The first kappa shape index (κ1) is 19.4. The quantitative estimate of drug-likeness (QED) is 0.566. The Hall–Kier alpha value is -2.93. The minimum atomic E-state index is -0.597. The van der Waals surface area contributed by atoms with Crippen molar-refractivity contribution in [1.82, 2.24) is 0 Å². The van der Waals surface area contributed by atoms with Gasteiger partial charge < -0.3 is 14.8 Å². The summed E-state index contributed by atoms with van der Waals surface area (Å²) in [5.74, 6) is -1.47. The summed E-state index contributed by atoms with van der Waals surface area (Å²) in [5.41, 5.74) is 1.79. The number of hydrogen-bond donors (Lipinski definition) is 1. The highest BCUT2D eigenvalue weighted by atomic mass is 32.1. The highest BCUT2D eigenvalue weighted by Crippen LogP contribution is 2.11. The Balaban J connectivity index is 1.76. The van der Waals surface area contributed by atoms with Gasteiger partial charge in [-0.05, 0) is 59.2 Å². The van der Waals surface area contributed by atoms with Crippen molar-refractivity contribution in [2.24, 2.45) is 0 Å². The number of rotatable bonds is 8. The lowest BCUT2D eigenvalue weighted by atomic mass is 10.2. The smallest absolute Gasteiger partial charge is 0.338 e. The lowest BCUT2D eigenvalue weighted by molar-refractivity contribution is -0.142. The minimum absolute atomic E-state index is 0.365. The molecule has 1 amide bonds. The molecule has 0 fully saturated rings. The average molecular weight is 373 g/mol. The highest BCUT2D eigenvalue weighted by molar-refractivity contribution is 7.08. The van der Waals surface area contributed by atoms with E-state index in [-0.39, 0.29) is 0 Å². The van der Waals surface area contributed by atoms with Gasteiger partial charge in [-0.3, -0.25) is 4.79 Å². The van der Waals surface area contributed by atoms with E-state index in [0.717, 1.165) is 12.0 Å². The van der Waals surface area contributed by atoms with E-state index in [9.17, 15) is 14.4 Å². The van der Waals surface area contributed by atoms with Gasteiger partial charge in [0.2, 0.25) is 0 Å². The predicted molar refractivity (Wildman–Crippen MR) is 100.0 cm³/mol. The van der Waals surface area contributed by atoms with Gasteiger partial charge in [0.15, 0.2) is 6.61 Å². The molecule has 0 aliphatic rings. The maximum absolute atomic E-state index is 11.8. The van der Waals surface area contributed by atoms with Crippen LogP contribution >= 0.6 is 11.3 Å². The van der Waals surface area contributed by atoms with Crippen LogP contribution in [0.15, 0.2) is 47.2 Å². The first-order chi connectivity index (χ1) is 12.6. The Kier molecular flexibility index (Phi) is 7.57. The molecule has 0 aliphatic heterocycles.